The quantitative estimate of drug-likeness (QED) is 0.811. The van der Waals surface area contributed by atoms with Gasteiger partial charge in [-0.25, -0.2) is 0 Å². The van der Waals surface area contributed by atoms with Gasteiger partial charge < -0.3 is 20.9 Å². The Morgan fingerprint density at radius 3 is 2.58 bits per heavy atom. The van der Waals surface area contributed by atoms with Crippen LogP contribution < -0.4 is 16.0 Å². The molecule has 0 saturated carbocycles. The van der Waals surface area contributed by atoms with E-state index < -0.39 is 0 Å². The van der Waals surface area contributed by atoms with E-state index in [-0.39, 0.29) is 23.6 Å². The summed E-state index contributed by atoms with van der Waals surface area (Å²) in [5.41, 5.74) is 6.84. The Bertz CT molecular complexity index is 674. The predicted octanol–water partition coefficient (Wildman–Crippen LogP) is 0.740. The highest BCUT2D eigenvalue weighted by Crippen LogP contribution is 2.23. The van der Waals surface area contributed by atoms with E-state index >= 15 is 0 Å². The molecule has 1 unspecified atom stereocenters. The third-order valence-electron chi connectivity index (χ3n) is 5.02. The molecule has 2 fully saturated rings. The van der Waals surface area contributed by atoms with Gasteiger partial charge in [0.1, 0.15) is 0 Å². The van der Waals surface area contributed by atoms with Crippen molar-refractivity contribution in [3.8, 4) is 0 Å². The maximum atomic E-state index is 12.8. The van der Waals surface area contributed by atoms with Gasteiger partial charge in [0.05, 0.1) is 5.92 Å². The smallest absolute Gasteiger partial charge is 0.253 e. The van der Waals surface area contributed by atoms with E-state index in [1.54, 1.807) is 21.9 Å². The lowest BCUT2D eigenvalue weighted by Gasteiger charge is -2.32. The second-order valence-electron chi connectivity index (χ2n) is 6.87. The number of amides is 3. The second-order valence-corrected chi connectivity index (χ2v) is 6.87. The number of nitrogens with two attached hydrogens (primary N) is 1. The molecule has 1 atom stereocenters. The van der Waals surface area contributed by atoms with Gasteiger partial charge in [-0.2, -0.15) is 0 Å². The summed E-state index contributed by atoms with van der Waals surface area (Å²) in [7, 11) is 0. The number of benzene rings is 1. The van der Waals surface area contributed by atoms with Gasteiger partial charge in [-0.15, -0.1) is 0 Å². The molecule has 2 saturated heterocycles. The van der Waals surface area contributed by atoms with Gasteiger partial charge >= 0.3 is 0 Å². The van der Waals surface area contributed by atoms with Crippen LogP contribution in [0.25, 0.3) is 0 Å². The van der Waals surface area contributed by atoms with E-state index in [0.29, 0.717) is 38.2 Å². The van der Waals surface area contributed by atoms with Crippen LogP contribution in [-0.2, 0) is 9.59 Å². The largest absolute Gasteiger partial charge is 0.355 e. The van der Waals surface area contributed by atoms with E-state index in [1.807, 2.05) is 12.1 Å². The van der Waals surface area contributed by atoms with Crippen LogP contribution in [0.2, 0.25) is 0 Å². The molecule has 140 valence electrons. The molecule has 3 amide bonds. The van der Waals surface area contributed by atoms with Crippen LogP contribution in [0.5, 0.6) is 0 Å². The molecule has 26 heavy (non-hydrogen) atoms. The molecule has 0 aromatic heterocycles. The summed E-state index contributed by atoms with van der Waals surface area (Å²) in [6.07, 6.45) is 3.06. The average Bonchev–Trinajstić information content (AvgIpc) is 3.11. The van der Waals surface area contributed by atoms with Gasteiger partial charge in [-0.1, -0.05) is 0 Å². The van der Waals surface area contributed by atoms with Crippen molar-refractivity contribution in [3.05, 3.63) is 29.8 Å². The topological polar surface area (TPSA) is 95.7 Å². The highest BCUT2D eigenvalue weighted by atomic mass is 16.2. The SMILES string of the molecule is NCCNC(=O)C1CCCN(C(=O)c2ccc(N3CCCC3=O)cc2)C1. The number of piperidine rings is 1. The Morgan fingerprint density at radius 2 is 1.92 bits per heavy atom. The van der Waals surface area contributed by atoms with Crippen LogP contribution >= 0.6 is 0 Å². The molecule has 7 nitrogen and oxygen atoms in total. The maximum absolute atomic E-state index is 12.8. The first-order valence-corrected chi connectivity index (χ1v) is 9.27. The van der Waals surface area contributed by atoms with Crippen LogP contribution in [0.15, 0.2) is 24.3 Å². The minimum atomic E-state index is -0.180. The van der Waals surface area contributed by atoms with Crippen LogP contribution in [0.3, 0.4) is 0 Å². The lowest BCUT2D eigenvalue weighted by molar-refractivity contribution is -0.126. The fourth-order valence-corrected chi connectivity index (χ4v) is 3.60. The van der Waals surface area contributed by atoms with Crippen molar-refractivity contribution in [2.45, 2.75) is 25.7 Å². The van der Waals surface area contributed by atoms with Gasteiger partial charge in [0, 0.05) is 50.4 Å². The molecular formula is C19H26N4O3. The van der Waals surface area contributed by atoms with Gasteiger partial charge in [0.2, 0.25) is 11.8 Å². The highest BCUT2D eigenvalue weighted by molar-refractivity contribution is 5.97. The highest BCUT2D eigenvalue weighted by Gasteiger charge is 2.29. The summed E-state index contributed by atoms with van der Waals surface area (Å²) in [5.74, 6) is -0.149. The third kappa shape index (κ3) is 4.04. The first-order valence-electron chi connectivity index (χ1n) is 9.27. The van der Waals surface area contributed by atoms with Crippen LogP contribution in [-0.4, -0.2) is 55.3 Å². The Hall–Kier alpha value is -2.41. The van der Waals surface area contributed by atoms with Gasteiger partial charge in [0.15, 0.2) is 0 Å². The van der Waals surface area contributed by atoms with E-state index in [4.69, 9.17) is 5.73 Å². The molecule has 3 rings (SSSR count). The zero-order chi connectivity index (χ0) is 18.5. The van der Waals surface area contributed by atoms with Gasteiger partial charge in [0.25, 0.3) is 5.91 Å². The third-order valence-corrected chi connectivity index (χ3v) is 5.02. The van der Waals surface area contributed by atoms with Gasteiger partial charge in [-0.05, 0) is 43.5 Å². The summed E-state index contributed by atoms with van der Waals surface area (Å²) in [5, 5.41) is 2.80. The molecule has 2 aliphatic rings. The van der Waals surface area contributed by atoms with Crippen molar-refractivity contribution in [3.63, 3.8) is 0 Å². The van der Waals surface area contributed by atoms with Gasteiger partial charge in [-0.3, -0.25) is 14.4 Å². The summed E-state index contributed by atoms with van der Waals surface area (Å²) in [6.45, 7) is 2.69. The number of carbonyl (C=O) groups is 3. The fraction of sp³-hybridized carbons (Fsp3) is 0.526. The molecule has 0 spiro atoms. The number of nitrogens with one attached hydrogen (secondary N) is 1. The number of carbonyl (C=O) groups excluding carboxylic acids is 3. The van der Waals surface area contributed by atoms with Crippen molar-refractivity contribution >= 4 is 23.4 Å². The molecule has 2 heterocycles. The molecule has 0 bridgehead atoms. The lowest BCUT2D eigenvalue weighted by Crippen LogP contribution is -2.46. The number of anilines is 1. The summed E-state index contributed by atoms with van der Waals surface area (Å²) >= 11 is 0. The Labute approximate surface area is 153 Å². The molecular weight excluding hydrogens is 332 g/mol. The lowest BCUT2D eigenvalue weighted by atomic mass is 9.96. The minimum absolute atomic E-state index is 0.0316. The standard InChI is InChI=1S/C19H26N4O3/c20-9-10-21-18(25)15-3-1-11-22(13-15)19(26)14-5-7-16(8-6-14)23-12-2-4-17(23)24/h5-8,15H,1-4,9-13,20H2,(H,21,25). The summed E-state index contributed by atoms with van der Waals surface area (Å²) < 4.78 is 0. The molecule has 0 aliphatic carbocycles. The normalized spacial score (nSPS) is 20.3. The van der Waals surface area contributed by atoms with Crippen molar-refractivity contribution in [1.82, 2.24) is 10.2 Å². The van der Waals surface area contributed by atoms with Crippen LogP contribution in [0.1, 0.15) is 36.0 Å². The van der Waals surface area contributed by atoms with Crippen molar-refractivity contribution in [1.29, 1.82) is 0 Å². The Balaban J connectivity index is 1.63. The number of likely N-dealkylation sites (tertiary alicyclic amines) is 1. The number of hydrogen-bond donors (Lipinski definition) is 2. The molecule has 1 aromatic carbocycles. The monoisotopic (exact) mass is 358 g/mol. The first kappa shape index (κ1) is 18.4. The molecule has 2 aliphatic heterocycles. The number of rotatable bonds is 5. The average molecular weight is 358 g/mol. The molecule has 1 aromatic rings. The van der Waals surface area contributed by atoms with E-state index in [1.165, 1.54) is 0 Å². The zero-order valence-electron chi connectivity index (χ0n) is 14.9. The molecule has 3 N–H and O–H groups in total. The minimum Gasteiger partial charge on any atom is -0.355 e. The van der Waals surface area contributed by atoms with Crippen LogP contribution in [0.4, 0.5) is 5.69 Å². The summed E-state index contributed by atoms with van der Waals surface area (Å²) in [6, 6.07) is 7.18. The van der Waals surface area contributed by atoms with E-state index in [2.05, 4.69) is 5.32 Å². The van der Waals surface area contributed by atoms with E-state index in [0.717, 1.165) is 31.5 Å². The van der Waals surface area contributed by atoms with Crippen molar-refractivity contribution in [2.75, 3.05) is 37.6 Å². The van der Waals surface area contributed by atoms with Crippen molar-refractivity contribution < 1.29 is 14.4 Å². The fourth-order valence-electron chi connectivity index (χ4n) is 3.60. The number of nitrogens with zero attached hydrogens (tertiary/aromatic N) is 2. The van der Waals surface area contributed by atoms with Crippen molar-refractivity contribution in [2.24, 2.45) is 11.7 Å². The summed E-state index contributed by atoms with van der Waals surface area (Å²) in [4.78, 5) is 40.2. The maximum Gasteiger partial charge on any atom is 0.253 e. The molecule has 0 radical (unpaired) electrons. The molecule has 7 heteroatoms. The zero-order valence-corrected chi connectivity index (χ0v) is 14.9. The van der Waals surface area contributed by atoms with E-state index in [9.17, 15) is 14.4 Å². The number of hydrogen-bond acceptors (Lipinski definition) is 4. The predicted molar refractivity (Wildman–Crippen MR) is 98.7 cm³/mol. The second kappa shape index (κ2) is 8.31. The first-order chi connectivity index (χ1) is 12.6. The Morgan fingerprint density at radius 1 is 1.15 bits per heavy atom. The Kier molecular flexibility index (Phi) is 5.88. The van der Waals surface area contributed by atoms with Crippen LogP contribution in [0, 0.1) is 5.92 Å².